The Hall–Kier alpha value is -1.44. The Morgan fingerprint density at radius 2 is 1.50 bits per heavy atom. The monoisotopic (exact) mass is 270 g/mol. The zero-order valence-electron chi connectivity index (χ0n) is 13.8. The van der Waals surface area contributed by atoms with E-state index in [0.717, 1.165) is 16.7 Å². The lowest BCUT2D eigenvalue weighted by atomic mass is 9.65. The van der Waals surface area contributed by atoms with E-state index >= 15 is 0 Å². The maximum Gasteiger partial charge on any atom is 0.0892 e. The zero-order valence-corrected chi connectivity index (χ0v) is 13.8. The van der Waals surface area contributed by atoms with Crippen LogP contribution in [0, 0.1) is 17.8 Å². The number of aromatic nitrogens is 2. The van der Waals surface area contributed by atoms with Crippen molar-refractivity contribution in [3.63, 3.8) is 0 Å². The van der Waals surface area contributed by atoms with Crippen LogP contribution in [0.25, 0.3) is 11.0 Å². The normalized spacial score (nSPS) is 13.2. The summed E-state index contributed by atoms with van der Waals surface area (Å²) in [6, 6.07) is 6.25. The van der Waals surface area contributed by atoms with Gasteiger partial charge in [0.2, 0.25) is 0 Å². The third-order valence-corrected chi connectivity index (χ3v) is 3.74. The van der Waals surface area contributed by atoms with Crippen molar-refractivity contribution in [2.45, 2.75) is 54.4 Å². The standard InChI is InChI=1S/C18H26N2/c1-12-8-9-13-14(10-12)20-15(11-19-13)16(17(2,3)4)18(5,6)7/h8-11,16H,1-7H3. The second kappa shape index (κ2) is 4.83. The molecule has 2 nitrogen and oxygen atoms in total. The highest BCUT2D eigenvalue weighted by atomic mass is 14.8. The van der Waals surface area contributed by atoms with Gasteiger partial charge in [-0.3, -0.25) is 4.98 Å². The lowest BCUT2D eigenvalue weighted by molar-refractivity contribution is 0.172. The van der Waals surface area contributed by atoms with Gasteiger partial charge in [-0.15, -0.1) is 0 Å². The van der Waals surface area contributed by atoms with Crippen LogP contribution in [-0.2, 0) is 0 Å². The lowest BCUT2D eigenvalue weighted by Crippen LogP contribution is -2.31. The highest BCUT2D eigenvalue weighted by molar-refractivity contribution is 5.74. The van der Waals surface area contributed by atoms with Crippen LogP contribution in [-0.4, -0.2) is 9.97 Å². The van der Waals surface area contributed by atoms with E-state index in [1.807, 2.05) is 12.3 Å². The molecule has 0 aliphatic rings. The van der Waals surface area contributed by atoms with Gasteiger partial charge in [0.25, 0.3) is 0 Å². The number of hydrogen-bond donors (Lipinski definition) is 0. The minimum absolute atomic E-state index is 0.157. The van der Waals surface area contributed by atoms with Gasteiger partial charge in [-0.25, -0.2) is 4.98 Å². The second-order valence-corrected chi connectivity index (χ2v) is 7.95. The van der Waals surface area contributed by atoms with Crippen molar-refractivity contribution in [2.75, 3.05) is 0 Å². The molecule has 0 amide bonds. The summed E-state index contributed by atoms with van der Waals surface area (Å²) in [4.78, 5) is 9.51. The summed E-state index contributed by atoms with van der Waals surface area (Å²) in [6.45, 7) is 15.8. The van der Waals surface area contributed by atoms with Crippen molar-refractivity contribution in [1.82, 2.24) is 9.97 Å². The number of nitrogens with zero attached hydrogens (tertiary/aromatic N) is 2. The maximum atomic E-state index is 4.91. The van der Waals surface area contributed by atoms with Crippen LogP contribution in [0.15, 0.2) is 24.4 Å². The van der Waals surface area contributed by atoms with Gasteiger partial charge in [-0.05, 0) is 35.4 Å². The first kappa shape index (κ1) is 15.0. The summed E-state index contributed by atoms with van der Waals surface area (Å²) < 4.78 is 0. The van der Waals surface area contributed by atoms with Crippen molar-refractivity contribution in [3.05, 3.63) is 35.7 Å². The smallest absolute Gasteiger partial charge is 0.0892 e. The van der Waals surface area contributed by atoms with Crippen molar-refractivity contribution < 1.29 is 0 Å². The average molecular weight is 270 g/mol. The SMILES string of the molecule is Cc1ccc2ncc(C(C(C)(C)C)C(C)(C)C)nc2c1. The Bertz CT molecular complexity index is 601. The molecule has 0 saturated carbocycles. The maximum absolute atomic E-state index is 4.91. The predicted octanol–water partition coefficient (Wildman–Crippen LogP) is 5.11. The van der Waals surface area contributed by atoms with E-state index in [4.69, 9.17) is 4.98 Å². The highest BCUT2D eigenvalue weighted by Crippen LogP contribution is 2.46. The average Bonchev–Trinajstić information content (AvgIpc) is 2.24. The van der Waals surface area contributed by atoms with Crippen LogP contribution >= 0.6 is 0 Å². The molecule has 1 aromatic heterocycles. The van der Waals surface area contributed by atoms with E-state index < -0.39 is 0 Å². The van der Waals surface area contributed by atoms with Crippen LogP contribution in [0.1, 0.15) is 58.7 Å². The van der Waals surface area contributed by atoms with E-state index in [1.54, 1.807) is 0 Å². The molecule has 0 unspecified atom stereocenters. The number of aryl methyl sites for hydroxylation is 1. The number of benzene rings is 1. The molecule has 0 radical (unpaired) electrons. The number of hydrogen-bond acceptors (Lipinski definition) is 2. The fourth-order valence-corrected chi connectivity index (χ4v) is 3.46. The van der Waals surface area contributed by atoms with Gasteiger partial charge in [-0.2, -0.15) is 0 Å². The summed E-state index contributed by atoms with van der Waals surface area (Å²) in [5.41, 5.74) is 4.62. The second-order valence-electron chi connectivity index (χ2n) is 7.95. The molecule has 1 heterocycles. The number of rotatable bonds is 1. The molecule has 0 atom stereocenters. The molecule has 0 aliphatic carbocycles. The molecule has 20 heavy (non-hydrogen) atoms. The van der Waals surface area contributed by atoms with Crippen molar-refractivity contribution in [2.24, 2.45) is 10.8 Å². The third kappa shape index (κ3) is 3.00. The van der Waals surface area contributed by atoms with Gasteiger partial charge in [0.05, 0.1) is 16.7 Å². The topological polar surface area (TPSA) is 25.8 Å². The first-order chi connectivity index (χ1) is 9.09. The van der Waals surface area contributed by atoms with Crippen LogP contribution in [0.4, 0.5) is 0 Å². The quantitative estimate of drug-likeness (QED) is 0.719. The van der Waals surface area contributed by atoms with Crippen LogP contribution < -0.4 is 0 Å². The summed E-state index contributed by atoms with van der Waals surface area (Å²) in [5, 5.41) is 0. The molecule has 0 saturated heterocycles. The van der Waals surface area contributed by atoms with Gasteiger partial charge >= 0.3 is 0 Å². The Labute approximate surface area is 122 Å². The third-order valence-electron chi connectivity index (χ3n) is 3.74. The molecule has 0 N–H and O–H groups in total. The molecule has 0 aliphatic heterocycles. The molecule has 0 bridgehead atoms. The Balaban J connectivity index is 2.60. The molecule has 2 rings (SSSR count). The predicted molar refractivity (Wildman–Crippen MR) is 85.9 cm³/mol. The van der Waals surface area contributed by atoms with Crippen molar-refractivity contribution >= 4 is 11.0 Å². The summed E-state index contributed by atoms with van der Waals surface area (Å²) in [7, 11) is 0. The molecule has 108 valence electrons. The van der Waals surface area contributed by atoms with E-state index in [2.05, 4.69) is 65.6 Å². The number of fused-ring (bicyclic) bond motifs is 1. The zero-order chi connectivity index (χ0) is 15.1. The van der Waals surface area contributed by atoms with Gasteiger partial charge in [-0.1, -0.05) is 47.6 Å². The summed E-state index contributed by atoms with van der Waals surface area (Å²) in [6.07, 6.45) is 1.96. The van der Waals surface area contributed by atoms with Crippen LogP contribution in [0.3, 0.4) is 0 Å². The van der Waals surface area contributed by atoms with Gasteiger partial charge in [0.15, 0.2) is 0 Å². The lowest BCUT2D eigenvalue weighted by Gasteiger charge is -2.40. The largest absolute Gasteiger partial charge is 0.253 e. The summed E-state index contributed by atoms with van der Waals surface area (Å²) >= 11 is 0. The highest BCUT2D eigenvalue weighted by Gasteiger charge is 2.37. The van der Waals surface area contributed by atoms with E-state index in [1.165, 1.54) is 5.56 Å². The minimum atomic E-state index is 0.157. The molecular formula is C18H26N2. The van der Waals surface area contributed by atoms with E-state index in [9.17, 15) is 0 Å². The Morgan fingerprint density at radius 1 is 0.900 bits per heavy atom. The molecule has 1 aromatic carbocycles. The van der Waals surface area contributed by atoms with Gasteiger partial charge < -0.3 is 0 Å². The van der Waals surface area contributed by atoms with Crippen molar-refractivity contribution in [1.29, 1.82) is 0 Å². The van der Waals surface area contributed by atoms with Crippen LogP contribution in [0.5, 0.6) is 0 Å². The minimum Gasteiger partial charge on any atom is -0.253 e. The fourth-order valence-electron chi connectivity index (χ4n) is 3.46. The first-order valence-electron chi connectivity index (χ1n) is 7.32. The van der Waals surface area contributed by atoms with Crippen LogP contribution in [0.2, 0.25) is 0 Å². The Morgan fingerprint density at radius 3 is 2.05 bits per heavy atom. The molecule has 2 heteroatoms. The first-order valence-corrected chi connectivity index (χ1v) is 7.32. The van der Waals surface area contributed by atoms with Crippen molar-refractivity contribution in [3.8, 4) is 0 Å². The molecule has 0 fully saturated rings. The summed E-state index contributed by atoms with van der Waals surface area (Å²) in [5.74, 6) is 0.368. The Kier molecular flexibility index (Phi) is 3.62. The van der Waals surface area contributed by atoms with Gasteiger partial charge in [0.1, 0.15) is 0 Å². The van der Waals surface area contributed by atoms with E-state index in [-0.39, 0.29) is 10.8 Å². The fraction of sp³-hybridized carbons (Fsp3) is 0.556. The molecule has 2 aromatic rings. The molecular weight excluding hydrogens is 244 g/mol. The van der Waals surface area contributed by atoms with E-state index in [0.29, 0.717) is 5.92 Å². The molecule has 0 spiro atoms. The van der Waals surface area contributed by atoms with Gasteiger partial charge in [0, 0.05) is 12.1 Å².